The van der Waals surface area contributed by atoms with E-state index in [1.54, 1.807) is 17.1 Å². The highest BCUT2D eigenvalue weighted by Crippen LogP contribution is 2.59. The molecule has 1 aromatic carbocycles. The summed E-state index contributed by atoms with van der Waals surface area (Å²) in [5.41, 5.74) is -0.541. The number of carbonyl (C=O) groups is 4. The average Bonchev–Trinajstić information content (AvgIpc) is 3.77. The van der Waals surface area contributed by atoms with E-state index in [0.29, 0.717) is 57.6 Å². The van der Waals surface area contributed by atoms with E-state index >= 15 is 0 Å². The molecular formula is C38H54N4O8. The highest BCUT2D eigenvalue weighted by atomic mass is 16.6. The minimum Gasteiger partial charge on any atom is -0.455 e. The van der Waals surface area contributed by atoms with Crippen LogP contribution in [0.1, 0.15) is 57.6 Å². The number of aliphatic hydroxyl groups is 1. The van der Waals surface area contributed by atoms with Crippen LogP contribution in [-0.2, 0) is 33.4 Å². The normalized spacial score (nSPS) is 27.1. The number of hydrogen-bond donors (Lipinski definition) is 2. The fourth-order valence-electron chi connectivity index (χ4n) is 8.20. The number of nitrogens with one attached hydrogen (secondary N) is 1. The van der Waals surface area contributed by atoms with Crippen molar-refractivity contribution in [2.75, 3.05) is 59.1 Å². The smallest absolute Gasteiger partial charge is 0.313 e. The zero-order valence-electron chi connectivity index (χ0n) is 29.5. The molecule has 4 aliphatic heterocycles. The van der Waals surface area contributed by atoms with Crippen LogP contribution in [0.25, 0.3) is 0 Å². The summed E-state index contributed by atoms with van der Waals surface area (Å²) in [6.07, 6.45) is 4.12. The lowest BCUT2D eigenvalue weighted by Crippen LogP contribution is -2.59. The van der Waals surface area contributed by atoms with Crippen molar-refractivity contribution >= 4 is 23.7 Å². The third-order valence-electron chi connectivity index (χ3n) is 10.5. The van der Waals surface area contributed by atoms with Crippen molar-refractivity contribution in [1.29, 1.82) is 0 Å². The molecule has 4 aliphatic rings. The Balaban J connectivity index is 1.44. The van der Waals surface area contributed by atoms with Crippen molar-refractivity contribution in [1.82, 2.24) is 20.0 Å². The van der Waals surface area contributed by atoms with E-state index in [1.807, 2.05) is 44.2 Å². The maximum Gasteiger partial charge on any atom is 0.313 e. The van der Waals surface area contributed by atoms with E-state index in [2.05, 4.69) is 23.4 Å². The van der Waals surface area contributed by atoms with E-state index in [1.165, 1.54) is 4.90 Å². The summed E-state index contributed by atoms with van der Waals surface area (Å²) in [5, 5.41) is 13.5. The van der Waals surface area contributed by atoms with Crippen LogP contribution >= 0.6 is 0 Å². The van der Waals surface area contributed by atoms with Gasteiger partial charge in [-0.05, 0) is 37.2 Å². The fraction of sp³-hybridized carbons (Fsp3) is 0.632. The molecule has 274 valence electrons. The third kappa shape index (κ3) is 7.98. The molecule has 2 N–H and O–H groups in total. The molecular weight excluding hydrogens is 640 g/mol. The lowest BCUT2D eigenvalue weighted by molar-refractivity contribution is -0.161. The van der Waals surface area contributed by atoms with E-state index < -0.39 is 47.7 Å². The molecule has 12 heteroatoms. The maximum atomic E-state index is 14.8. The van der Waals surface area contributed by atoms with Crippen LogP contribution in [0, 0.1) is 17.8 Å². The van der Waals surface area contributed by atoms with Gasteiger partial charge in [-0.15, -0.1) is 13.2 Å². The number of amides is 3. The van der Waals surface area contributed by atoms with Crippen LogP contribution in [0.3, 0.4) is 0 Å². The average molecular weight is 695 g/mol. The Labute approximate surface area is 295 Å². The number of carbonyl (C=O) groups excluding carboxylic acids is 4. The number of nitrogens with zero attached hydrogens (tertiary/aromatic N) is 3. The molecule has 0 aromatic heterocycles. The van der Waals surface area contributed by atoms with Gasteiger partial charge in [-0.1, -0.05) is 56.3 Å². The summed E-state index contributed by atoms with van der Waals surface area (Å²) in [7, 11) is 0. The van der Waals surface area contributed by atoms with Gasteiger partial charge in [0.2, 0.25) is 17.7 Å². The number of allylic oxidation sites excluding steroid dienone is 1. The Hall–Kier alpha value is -3.58. The van der Waals surface area contributed by atoms with Crippen LogP contribution in [-0.4, -0.2) is 126 Å². The molecule has 3 amide bonds. The maximum absolute atomic E-state index is 14.8. The largest absolute Gasteiger partial charge is 0.455 e. The Kier molecular flexibility index (Phi) is 12.9. The van der Waals surface area contributed by atoms with Crippen LogP contribution in [0.2, 0.25) is 0 Å². The Bertz CT molecular complexity index is 1370. The monoisotopic (exact) mass is 694 g/mol. The Morgan fingerprint density at radius 2 is 1.90 bits per heavy atom. The third-order valence-corrected chi connectivity index (χ3v) is 10.5. The van der Waals surface area contributed by atoms with Crippen LogP contribution in [0.15, 0.2) is 55.6 Å². The summed E-state index contributed by atoms with van der Waals surface area (Å²) in [6.45, 7) is 15.5. The molecule has 50 heavy (non-hydrogen) atoms. The SMILES string of the molecule is C=CCCC(=O)NC[C@@H](OC(=O)[C@@H]1[C@@H]2CC[C@]3(O2)[C@H](C(=O)N(CC=C)CCN2CCOCC2)N([C@@H](CO)CC(C)C)C(=O)[C@@H]13)c1ccccc1. The standard InChI is InChI=1S/C38H54N4O8/c1-5-7-13-31(44)39-24-30(27-11-9-8-10-12-27)49-37(47)32-29-14-15-38(50-29)33(32)35(45)42(28(25-43)23-26(3)4)34(38)36(46)41(16-6-2)18-17-40-19-21-48-22-20-40/h5-6,8-12,26,28-30,32-34,43H,1-2,7,13-25H2,3-4H3,(H,39,44)/t28-,29+,30-,32-,33-,34+,38-/m1/s1. The summed E-state index contributed by atoms with van der Waals surface area (Å²) in [5.74, 6) is -3.19. The minimum absolute atomic E-state index is 0.0571. The van der Waals surface area contributed by atoms with Gasteiger partial charge in [-0.2, -0.15) is 0 Å². The molecule has 0 unspecified atom stereocenters. The molecule has 0 radical (unpaired) electrons. The number of likely N-dealkylation sites (tertiary alicyclic amines) is 1. The molecule has 0 aliphatic carbocycles. The highest BCUT2D eigenvalue weighted by molar-refractivity contribution is 5.98. The van der Waals surface area contributed by atoms with Gasteiger partial charge < -0.3 is 34.4 Å². The quantitative estimate of drug-likeness (QED) is 0.175. The van der Waals surface area contributed by atoms with Crippen molar-refractivity contribution in [3.8, 4) is 0 Å². The summed E-state index contributed by atoms with van der Waals surface area (Å²) < 4.78 is 18.3. The second-order valence-corrected chi connectivity index (χ2v) is 14.3. The predicted molar refractivity (Wildman–Crippen MR) is 187 cm³/mol. The van der Waals surface area contributed by atoms with E-state index in [-0.39, 0.29) is 49.8 Å². The van der Waals surface area contributed by atoms with Gasteiger partial charge in [0.15, 0.2) is 0 Å². The molecule has 12 nitrogen and oxygen atoms in total. The van der Waals surface area contributed by atoms with Gasteiger partial charge in [0.25, 0.3) is 0 Å². The van der Waals surface area contributed by atoms with Gasteiger partial charge >= 0.3 is 5.97 Å². The first-order chi connectivity index (χ1) is 24.1. The first kappa shape index (κ1) is 37.7. The zero-order chi connectivity index (χ0) is 35.8. The Morgan fingerprint density at radius 1 is 1.16 bits per heavy atom. The first-order valence-corrected chi connectivity index (χ1v) is 18.1. The number of esters is 1. The number of benzene rings is 1. The van der Waals surface area contributed by atoms with Crippen LogP contribution in [0.4, 0.5) is 0 Å². The first-order valence-electron chi connectivity index (χ1n) is 18.1. The fourth-order valence-corrected chi connectivity index (χ4v) is 8.20. The van der Waals surface area contributed by atoms with Gasteiger partial charge in [-0.3, -0.25) is 24.1 Å². The molecule has 1 aromatic rings. The second kappa shape index (κ2) is 17.1. The number of rotatable bonds is 18. The zero-order valence-corrected chi connectivity index (χ0v) is 29.5. The van der Waals surface area contributed by atoms with Crippen LogP contribution in [0.5, 0.6) is 0 Å². The molecule has 2 bridgehead atoms. The predicted octanol–water partition coefficient (Wildman–Crippen LogP) is 2.48. The van der Waals surface area contributed by atoms with Gasteiger partial charge in [0, 0.05) is 39.1 Å². The molecule has 4 heterocycles. The number of ether oxygens (including phenoxy) is 3. The van der Waals surface area contributed by atoms with E-state index in [0.717, 1.165) is 13.1 Å². The van der Waals surface area contributed by atoms with Crippen molar-refractivity contribution < 1.29 is 38.5 Å². The van der Waals surface area contributed by atoms with E-state index in [4.69, 9.17) is 14.2 Å². The number of hydrogen-bond acceptors (Lipinski definition) is 9. The second-order valence-electron chi connectivity index (χ2n) is 14.3. The van der Waals surface area contributed by atoms with Crippen molar-refractivity contribution in [2.45, 2.75) is 75.8 Å². The van der Waals surface area contributed by atoms with Gasteiger partial charge in [-0.25, -0.2) is 0 Å². The van der Waals surface area contributed by atoms with Gasteiger partial charge in [0.05, 0.1) is 50.3 Å². The van der Waals surface area contributed by atoms with Crippen molar-refractivity contribution in [3.05, 3.63) is 61.2 Å². The van der Waals surface area contributed by atoms with Crippen molar-refractivity contribution in [3.63, 3.8) is 0 Å². The minimum atomic E-state index is -1.24. The molecule has 7 atom stereocenters. The number of morpholine rings is 1. The highest BCUT2D eigenvalue weighted by Gasteiger charge is 2.75. The summed E-state index contributed by atoms with van der Waals surface area (Å²) >= 11 is 0. The van der Waals surface area contributed by atoms with E-state index in [9.17, 15) is 24.3 Å². The summed E-state index contributed by atoms with van der Waals surface area (Å²) in [4.78, 5) is 61.7. The topological polar surface area (TPSA) is 138 Å². The lowest BCUT2D eigenvalue weighted by atomic mass is 9.70. The molecule has 4 fully saturated rings. The molecule has 5 rings (SSSR count). The Morgan fingerprint density at radius 3 is 2.56 bits per heavy atom. The van der Waals surface area contributed by atoms with Crippen LogP contribution < -0.4 is 5.32 Å². The summed E-state index contributed by atoms with van der Waals surface area (Å²) in [6, 6.07) is 7.52. The van der Waals surface area contributed by atoms with Crippen molar-refractivity contribution in [2.24, 2.45) is 17.8 Å². The molecule has 0 saturated carbocycles. The number of fused-ring (bicyclic) bond motifs is 1. The van der Waals surface area contributed by atoms with Gasteiger partial charge in [0.1, 0.15) is 17.7 Å². The lowest BCUT2D eigenvalue weighted by Gasteiger charge is -2.40. The number of aliphatic hydroxyl groups excluding tert-OH is 1. The molecule has 1 spiro atoms. The molecule has 4 saturated heterocycles.